The van der Waals surface area contributed by atoms with E-state index in [0.717, 1.165) is 11.1 Å². The Labute approximate surface area is 164 Å². The lowest BCUT2D eigenvalue weighted by molar-refractivity contribution is -0.124. The van der Waals surface area contributed by atoms with Gasteiger partial charge in [0.2, 0.25) is 5.91 Å². The highest BCUT2D eigenvalue weighted by atomic mass is 19.1. The minimum Gasteiger partial charge on any atom is -0.352 e. The van der Waals surface area contributed by atoms with Crippen LogP contribution in [0.1, 0.15) is 34.5 Å². The minimum atomic E-state index is -0.706. The number of nitrogens with one attached hydrogen (secondary N) is 1. The maximum absolute atomic E-state index is 13.6. The first-order chi connectivity index (χ1) is 13.3. The van der Waals surface area contributed by atoms with Gasteiger partial charge in [0.1, 0.15) is 11.9 Å². The number of benzene rings is 2. The molecule has 0 fully saturated rings. The number of carbonyl (C=O) groups excluding carboxylic acids is 2. The molecule has 0 saturated heterocycles. The summed E-state index contributed by atoms with van der Waals surface area (Å²) in [5, 5.41) is 2.89. The quantitative estimate of drug-likeness (QED) is 0.837. The summed E-state index contributed by atoms with van der Waals surface area (Å²) in [5.41, 5.74) is 2.60. The predicted molar refractivity (Wildman–Crippen MR) is 107 cm³/mol. The summed E-state index contributed by atoms with van der Waals surface area (Å²) in [6, 6.07) is 12.6. The SMILES string of the molecule is C=C1c2ccccc2C(=O)N1C(C)C(=O)NCC(c1cccc(F)c1)N(C)C. The van der Waals surface area contributed by atoms with E-state index in [9.17, 15) is 14.0 Å². The van der Waals surface area contributed by atoms with Gasteiger partial charge in [0.25, 0.3) is 5.91 Å². The second-order valence-electron chi connectivity index (χ2n) is 7.12. The number of halogens is 1. The number of hydrogen-bond donors (Lipinski definition) is 1. The molecule has 0 spiro atoms. The average molecular weight is 381 g/mol. The van der Waals surface area contributed by atoms with Gasteiger partial charge in [-0.05, 0) is 44.8 Å². The number of amides is 2. The number of rotatable bonds is 6. The van der Waals surface area contributed by atoms with Gasteiger partial charge in [-0.15, -0.1) is 0 Å². The maximum atomic E-state index is 13.6. The highest BCUT2D eigenvalue weighted by Crippen LogP contribution is 2.32. The molecule has 1 aliphatic heterocycles. The first-order valence-corrected chi connectivity index (χ1v) is 9.12. The molecule has 3 rings (SSSR count). The lowest BCUT2D eigenvalue weighted by atomic mass is 10.1. The molecular formula is C22H24FN3O2. The standard InChI is InChI=1S/C22H24FN3O2/c1-14-18-10-5-6-11-19(18)22(28)26(14)15(2)21(27)24-13-20(25(3)4)16-8-7-9-17(23)12-16/h5-12,15,20H,1,13H2,2-4H3,(H,24,27). The van der Waals surface area contributed by atoms with E-state index >= 15 is 0 Å². The molecule has 2 aromatic rings. The first-order valence-electron chi connectivity index (χ1n) is 9.12. The Morgan fingerprint density at radius 2 is 1.86 bits per heavy atom. The Kier molecular flexibility index (Phi) is 5.61. The van der Waals surface area contributed by atoms with Crippen molar-refractivity contribution in [2.75, 3.05) is 20.6 Å². The van der Waals surface area contributed by atoms with Crippen molar-refractivity contribution in [2.45, 2.75) is 19.0 Å². The number of nitrogens with zero attached hydrogens (tertiary/aromatic N) is 2. The van der Waals surface area contributed by atoms with Crippen LogP contribution in [0.15, 0.2) is 55.1 Å². The predicted octanol–water partition coefficient (Wildman–Crippen LogP) is 3.06. The van der Waals surface area contributed by atoms with E-state index in [1.165, 1.54) is 17.0 Å². The van der Waals surface area contributed by atoms with Crippen molar-refractivity contribution in [3.63, 3.8) is 0 Å². The second-order valence-corrected chi connectivity index (χ2v) is 7.12. The zero-order valence-corrected chi connectivity index (χ0v) is 16.3. The average Bonchev–Trinajstić information content (AvgIpc) is 2.92. The van der Waals surface area contributed by atoms with Crippen molar-refractivity contribution in [3.05, 3.63) is 77.6 Å². The highest BCUT2D eigenvalue weighted by Gasteiger charge is 2.36. The molecule has 0 saturated carbocycles. The largest absolute Gasteiger partial charge is 0.352 e. The van der Waals surface area contributed by atoms with Gasteiger partial charge in [0.15, 0.2) is 0 Å². The Balaban J connectivity index is 1.71. The summed E-state index contributed by atoms with van der Waals surface area (Å²) >= 11 is 0. The zero-order chi connectivity index (χ0) is 20.4. The third kappa shape index (κ3) is 3.68. The molecule has 5 nitrogen and oxygen atoms in total. The molecule has 1 heterocycles. The smallest absolute Gasteiger partial charge is 0.259 e. The molecule has 0 bridgehead atoms. The van der Waals surface area contributed by atoms with Crippen LogP contribution in [0.4, 0.5) is 4.39 Å². The summed E-state index contributed by atoms with van der Waals surface area (Å²) in [7, 11) is 3.74. The van der Waals surface area contributed by atoms with Crippen molar-refractivity contribution in [1.29, 1.82) is 0 Å². The molecule has 0 aliphatic carbocycles. The molecule has 2 atom stereocenters. The Bertz CT molecular complexity index is 891. The molecular weight excluding hydrogens is 357 g/mol. The maximum Gasteiger partial charge on any atom is 0.259 e. The molecule has 0 radical (unpaired) electrons. The number of carbonyl (C=O) groups is 2. The van der Waals surface area contributed by atoms with Gasteiger partial charge >= 0.3 is 0 Å². The third-order valence-corrected chi connectivity index (χ3v) is 5.07. The molecule has 2 unspecified atom stereocenters. The van der Waals surface area contributed by atoms with Crippen LogP contribution in [0, 0.1) is 5.82 Å². The van der Waals surface area contributed by atoms with Gasteiger partial charge in [-0.1, -0.05) is 36.9 Å². The zero-order valence-electron chi connectivity index (χ0n) is 16.3. The van der Waals surface area contributed by atoms with Gasteiger partial charge in [-0.2, -0.15) is 0 Å². The van der Waals surface area contributed by atoms with E-state index in [1.54, 1.807) is 25.1 Å². The fourth-order valence-corrected chi connectivity index (χ4v) is 3.49. The van der Waals surface area contributed by atoms with Gasteiger partial charge in [-0.25, -0.2) is 4.39 Å². The molecule has 2 amide bonds. The Hall–Kier alpha value is -2.99. The van der Waals surface area contributed by atoms with E-state index < -0.39 is 6.04 Å². The fourth-order valence-electron chi connectivity index (χ4n) is 3.49. The van der Waals surface area contributed by atoms with Crippen LogP contribution in [-0.2, 0) is 4.79 Å². The van der Waals surface area contributed by atoms with Crippen LogP contribution in [0.5, 0.6) is 0 Å². The number of likely N-dealkylation sites (N-methyl/N-ethyl adjacent to an activating group) is 1. The third-order valence-electron chi connectivity index (χ3n) is 5.07. The van der Waals surface area contributed by atoms with Gasteiger partial charge in [-0.3, -0.25) is 14.5 Å². The summed E-state index contributed by atoms with van der Waals surface area (Å²) in [5.74, 6) is -0.830. The van der Waals surface area contributed by atoms with Crippen molar-refractivity contribution in [2.24, 2.45) is 0 Å². The first kappa shape index (κ1) is 19.8. The van der Waals surface area contributed by atoms with Crippen LogP contribution in [0.2, 0.25) is 0 Å². The molecule has 28 heavy (non-hydrogen) atoms. The Morgan fingerprint density at radius 1 is 1.18 bits per heavy atom. The van der Waals surface area contributed by atoms with Gasteiger partial charge in [0, 0.05) is 23.4 Å². The monoisotopic (exact) mass is 381 g/mol. The Morgan fingerprint density at radius 3 is 2.46 bits per heavy atom. The molecule has 6 heteroatoms. The lowest BCUT2D eigenvalue weighted by Gasteiger charge is -2.28. The van der Waals surface area contributed by atoms with Crippen molar-refractivity contribution < 1.29 is 14.0 Å². The normalized spacial score (nSPS) is 15.5. The van der Waals surface area contributed by atoms with Crippen LogP contribution in [0.3, 0.4) is 0 Å². The summed E-state index contributed by atoms with van der Waals surface area (Å²) < 4.78 is 13.6. The molecule has 2 aromatic carbocycles. The minimum absolute atomic E-state index is 0.193. The van der Waals surface area contributed by atoms with E-state index in [0.29, 0.717) is 17.8 Å². The van der Waals surface area contributed by atoms with Crippen LogP contribution in [-0.4, -0.2) is 48.3 Å². The van der Waals surface area contributed by atoms with Crippen LogP contribution < -0.4 is 5.32 Å². The van der Waals surface area contributed by atoms with Crippen molar-refractivity contribution in [3.8, 4) is 0 Å². The van der Waals surface area contributed by atoms with E-state index in [4.69, 9.17) is 0 Å². The second kappa shape index (κ2) is 7.94. The lowest BCUT2D eigenvalue weighted by Crippen LogP contribution is -2.46. The molecule has 0 aromatic heterocycles. The van der Waals surface area contributed by atoms with Crippen LogP contribution >= 0.6 is 0 Å². The molecule has 1 N–H and O–H groups in total. The number of hydrogen-bond acceptors (Lipinski definition) is 3. The van der Waals surface area contributed by atoms with Crippen molar-refractivity contribution in [1.82, 2.24) is 15.1 Å². The van der Waals surface area contributed by atoms with E-state index in [2.05, 4.69) is 11.9 Å². The van der Waals surface area contributed by atoms with E-state index in [-0.39, 0.29) is 23.7 Å². The molecule has 1 aliphatic rings. The van der Waals surface area contributed by atoms with Gasteiger partial charge < -0.3 is 10.2 Å². The van der Waals surface area contributed by atoms with E-state index in [1.807, 2.05) is 37.2 Å². The van der Waals surface area contributed by atoms with Crippen molar-refractivity contribution >= 4 is 17.5 Å². The number of fused-ring (bicyclic) bond motifs is 1. The highest BCUT2D eigenvalue weighted by molar-refractivity contribution is 6.10. The summed E-state index contributed by atoms with van der Waals surface area (Å²) in [4.78, 5) is 28.8. The van der Waals surface area contributed by atoms with Gasteiger partial charge in [0.05, 0.1) is 6.04 Å². The topological polar surface area (TPSA) is 52.7 Å². The summed E-state index contributed by atoms with van der Waals surface area (Å²) in [6.07, 6.45) is 0. The van der Waals surface area contributed by atoms with Crippen LogP contribution in [0.25, 0.3) is 5.70 Å². The fraction of sp³-hybridized carbons (Fsp3) is 0.273. The molecule has 146 valence electrons. The summed E-state index contributed by atoms with van der Waals surface area (Å²) in [6.45, 7) is 5.96.